The van der Waals surface area contributed by atoms with E-state index < -0.39 is 18.4 Å². The van der Waals surface area contributed by atoms with E-state index in [1.807, 2.05) is 6.07 Å². The number of phenolic OH excluding ortho intramolecular Hbond substituents is 1. The van der Waals surface area contributed by atoms with Crippen LogP contribution in [0.3, 0.4) is 0 Å². The molecule has 2 atom stereocenters. The Morgan fingerprint density at radius 2 is 2.18 bits per heavy atom. The SMILES string of the molecule is O=C(O)CC1COC(Cc2ccccc2O)O1. The number of benzene rings is 1. The van der Waals surface area contributed by atoms with Crippen molar-refractivity contribution in [3.05, 3.63) is 29.8 Å². The molecule has 1 aromatic carbocycles. The van der Waals surface area contributed by atoms with Crippen molar-refractivity contribution in [2.45, 2.75) is 25.2 Å². The minimum Gasteiger partial charge on any atom is -0.508 e. The predicted octanol–water partition coefficient (Wildman–Crippen LogP) is 1.15. The van der Waals surface area contributed by atoms with Gasteiger partial charge in [-0.25, -0.2) is 0 Å². The summed E-state index contributed by atoms with van der Waals surface area (Å²) in [5.74, 6) is -0.705. The second-order valence-corrected chi connectivity index (χ2v) is 3.95. The lowest BCUT2D eigenvalue weighted by molar-refractivity contribution is -0.140. The first-order valence-electron chi connectivity index (χ1n) is 5.41. The Kier molecular flexibility index (Phi) is 3.61. The number of aliphatic carboxylic acids is 1. The highest BCUT2D eigenvalue weighted by Crippen LogP contribution is 2.23. The van der Waals surface area contributed by atoms with Crippen LogP contribution in [0.1, 0.15) is 12.0 Å². The van der Waals surface area contributed by atoms with Crippen LogP contribution < -0.4 is 0 Å². The first-order valence-corrected chi connectivity index (χ1v) is 5.41. The zero-order chi connectivity index (χ0) is 12.3. The zero-order valence-corrected chi connectivity index (χ0v) is 9.20. The minimum absolute atomic E-state index is 0.0583. The topological polar surface area (TPSA) is 76.0 Å². The van der Waals surface area contributed by atoms with E-state index in [0.717, 1.165) is 5.56 Å². The van der Waals surface area contributed by atoms with Gasteiger partial charge in [0.25, 0.3) is 0 Å². The fourth-order valence-corrected chi connectivity index (χ4v) is 1.78. The first kappa shape index (κ1) is 11.9. The molecule has 1 saturated heterocycles. The summed E-state index contributed by atoms with van der Waals surface area (Å²) < 4.78 is 10.7. The Morgan fingerprint density at radius 3 is 2.88 bits per heavy atom. The molecule has 0 aliphatic carbocycles. The number of phenols is 1. The highest BCUT2D eigenvalue weighted by atomic mass is 16.7. The summed E-state index contributed by atoms with van der Waals surface area (Å²) in [6, 6.07) is 6.94. The Hall–Kier alpha value is -1.59. The second-order valence-electron chi connectivity index (χ2n) is 3.95. The second kappa shape index (κ2) is 5.16. The van der Waals surface area contributed by atoms with E-state index in [2.05, 4.69) is 0 Å². The van der Waals surface area contributed by atoms with E-state index in [-0.39, 0.29) is 18.8 Å². The van der Waals surface area contributed by atoms with E-state index in [0.29, 0.717) is 6.42 Å². The summed E-state index contributed by atoms with van der Waals surface area (Å²) in [5, 5.41) is 18.2. The van der Waals surface area contributed by atoms with Crippen LogP contribution in [0.2, 0.25) is 0 Å². The van der Waals surface area contributed by atoms with Gasteiger partial charge < -0.3 is 19.7 Å². The van der Waals surface area contributed by atoms with Crippen molar-refractivity contribution in [2.24, 2.45) is 0 Å². The molecule has 1 aromatic rings. The number of rotatable bonds is 4. The third-order valence-corrected chi connectivity index (χ3v) is 2.59. The number of carboxylic acids is 1. The van der Waals surface area contributed by atoms with Crippen LogP contribution in [-0.2, 0) is 20.7 Å². The van der Waals surface area contributed by atoms with Crippen molar-refractivity contribution in [3.8, 4) is 5.75 Å². The lowest BCUT2D eigenvalue weighted by Gasteiger charge is -2.11. The average molecular weight is 238 g/mol. The molecule has 0 amide bonds. The summed E-state index contributed by atoms with van der Waals surface area (Å²) in [5.41, 5.74) is 0.730. The van der Waals surface area contributed by atoms with E-state index >= 15 is 0 Å². The molecule has 5 nitrogen and oxygen atoms in total. The molecule has 1 aliphatic heterocycles. The van der Waals surface area contributed by atoms with Crippen LogP contribution in [0.15, 0.2) is 24.3 Å². The lowest BCUT2D eigenvalue weighted by Crippen LogP contribution is -2.17. The van der Waals surface area contributed by atoms with Crippen molar-refractivity contribution in [1.29, 1.82) is 0 Å². The molecule has 92 valence electrons. The minimum atomic E-state index is -0.901. The van der Waals surface area contributed by atoms with Crippen LogP contribution in [0, 0.1) is 0 Å². The van der Waals surface area contributed by atoms with Gasteiger partial charge in [0.05, 0.1) is 19.1 Å². The maximum absolute atomic E-state index is 10.5. The first-order chi connectivity index (χ1) is 8.15. The van der Waals surface area contributed by atoms with Crippen molar-refractivity contribution in [2.75, 3.05) is 6.61 Å². The van der Waals surface area contributed by atoms with E-state index in [1.54, 1.807) is 18.2 Å². The fraction of sp³-hybridized carbons (Fsp3) is 0.417. The summed E-state index contributed by atoms with van der Waals surface area (Å²) in [6.45, 7) is 0.282. The molecule has 0 saturated carbocycles. The van der Waals surface area contributed by atoms with Gasteiger partial charge in [-0.1, -0.05) is 18.2 Å². The predicted molar refractivity (Wildman–Crippen MR) is 58.7 cm³/mol. The van der Waals surface area contributed by atoms with Gasteiger partial charge in [0.1, 0.15) is 5.75 Å². The molecule has 2 rings (SSSR count). The maximum Gasteiger partial charge on any atom is 0.306 e. The standard InChI is InChI=1S/C12H14O5/c13-10-4-2-1-3-8(10)5-12-16-7-9(17-12)6-11(14)15/h1-4,9,12-13H,5-7H2,(H,14,15). The Morgan fingerprint density at radius 1 is 1.41 bits per heavy atom. The van der Waals surface area contributed by atoms with Gasteiger partial charge in [-0.3, -0.25) is 4.79 Å². The van der Waals surface area contributed by atoms with Crippen molar-refractivity contribution in [1.82, 2.24) is 0 Å². The van der Waals surface area contributed by atoms with Crippen molar-refractivity contribution >= 4 is 5.97 Å². The number of para-hydroxylation sites is 1. The summed E-state index contributed by atoms with van der Waals surface area (Å²) >= 11 is 0. The normalized spacial score (nSPS) is 23.8. The summed E-state index contributed by atoms with van der Waals surface area (Å²) in [4.78, 5) is 10.5. The smallest absolute Gasteiger partial charge is 0.306 e. The van der Waals surface area contributed by atoms with Gasteiger partial charge in [0, 0.05) is 6.42 Å². The molecule has 5 heteroatoms. The van der Waals surface area contributed by atoms with Crippen LogP contribution in [0.4, 0.5) is 0 Å². The summed E-state index contributed by atoms with van der Waals surface area (Å²) in [6.07, 6.45) is -0.518. The Labute approximate surface area is 98.6 Å². The monoisotopic (exact) mass is 238 g/mol. The number of hydrogen-bond donors (Lipinski definition) is 2. The molecule has 1 fully saturated rings. The third kappa shape index (κ3) is 3.18. The highest BCUT2D eigenvalue weighted by Gasteiger charge is 2.28. The van der Waals surface area contributed by atoms with E-state index in [4.69, 9.17) is 14.6 Å². The lowest BCUT2D eigenvalue weighted by atomic mass is 10.1. The van der Waals surface area contributed by atoms with Gasteiger partial charge in [-0.15, -0.1) is 0 Å². The molecule has 2 unspecified atom stereocenters. The van der Waals surface area contributed by atoms with Crippen LogP contribution in [0.5, 0.6) is 5.75 Å². The number of aromatic hydroxyl groups is 1. The van der Waals surface area contributed by atoms with Gasteiger partial charge in [0.2, 0.25) is 0 Å². The number of ether oxygens (including phenoxy) is 2. The molecule has 0 spiro atoms. The quantitative estimate of drug-likeness (QED) is 0.823. The van der Waals surface area contributed by atoms with E-state index in [9.17, 15) is 9.90 Å². The van der Waals surface area contributed by atoms with Crippen molar-refractivity contribution in [3.63, 3.8) is 0 Å². The summed E-state index contributed by atoms with van der Waals surface area (Å²) in [7, 11) is 0. The zero-order valence-electron chi connectivity index (χ0n) is 9.20. The molecule has 1 aliphatic rings. The van der Waals surface area contributed by atoms with Gasteiger partial charge in [-0.05, 0) is 11.6 Å². The Bertz CT molecular complexity index is 404. The molecular formula is C12H14O5. The van der Waals surface area contributed by atoms with Gasteiger partial charge >= 0.3 is 5.97 Å². The Balaban J connectivity index is 1.90. The molecule has 17 heavy (non-hydrogen) atoms. The molecule has 0 radical (unpaired) electrons. The number of carbonyl (C=O) groups is 1. The van der Waals surface area contributed by atoms with Crippen LogP contribution in [0.25, 0.3) is 0 Å². The molecule has 0 aromatic heterocycles. The average Bonchev–Trinajstić information content (AvgIpc) is 2.68. The number of hydrogen-bond acceptors (Lipinski definition) is 4. The van der Waals surface area contributed by atoms with Gasteiger partial charge in [-0.2, -0.15) is 0 Å². The molecule has 1 heterocycles. The fourth-order valence-electron chi connectivity index (χ4n) is 1.78. The third-order valence-electron chi connectivity index (χ3n) is 2.59. The van der Waals surface area contributed by atoms with Crippen LogP contribution >= 0.6 is 0 Å². The molecular weight excluding hydrogens is 224 g/mol. The highest BCUT2D eigenvalue weighted by molar-refractivity contribution is 5.67. The van der Waals surface area contributed by atoms with Crippen LogP contribution in [-0.4, -0.2) is 35.2 Å². The molecule has 0 bridgehead atoms. The van der Waals surface area contributed by atoms with Crippen molar-refractivity contribution < 1.29 is 24.5 Å². The molecule has 2 N–H and O–H groups in total. The largest absolute Gasteiger partial charge is 0.508 e. The maximum atomic E-state index is 10.5. The number of carboxylic acid groups (broad SMARTS) is 1. The van der Waals surface area contributed by atoms with E-state index in [1.165, 1.54) is 0 Å². The van der Waals surface area contributed by atoms with Gasteiger partial charge in [0.15, 0.2) is 6.29 Å².